The summed E-state index contributed by atoms with van der Waals surface area (Å²) in [6.07, 6.45) is 0. The second-order valence-corrected chi connectivity index (χ2v) is 6.53. The Balaban J connectivity index is 1.56. The van der Waals surface area contributed by atoms with Crippen molar-refractivity contribution < 1.29 is 9.47 Å². The van der Waals surface area contributed by atoms with Crippen molar-refractivity contribution in [2.75, 3.05) is 12.1 Å². The first-order chi connectivity index (χ1) is 12.7. The largest absolute Gasteiger partial charge is 0.454 e. The maximum absolute atomic E-state index is 6.39. The van der Waals surface area contributed by atoms with Crippen LogP contribution in [-0.4, -0.2) is 21.4 Å². The predicted molar refractivity (Wildman–Crippen MR) is 100 cm³/mol. The number of para-hydroxylation sites is 1. The van der Waals surface area contributed by atoms with E-state index in [1.165, 1.54) is 0 Å². The van der Waals surface area contributed by atoms with Crippen molar-refractivity contribution in [3.05, 3.63) is 58.7 Å². The minimum absolute atomic E-state index is 0.272. The lowest BCUT2D eigenvalue weighted by molar-refractivity contribution is 0.174. The van der Waals surface area contributed by atoms with Crippen LogP contribution in [0.25, 0.3) is 16.6 Å². The first-order valence-electron chi connectivity index (χ1n) is 8.27. The Bertz CT molecular complexity index is 1160. The molecule has 1 aliphatic heterocycles. The van der Waals surface area contributed by atoms with Crippen LogP contribution in [0.2, 0.25) is 5.02 Å². The van der Waals surface area contributed by atoms with Crippen LogP contribution in [0.4, 0.5) is 5.82 Å². The highest BCUT2D eigenvalue weighted by molar-refractivity contribution is 6.34. The van der Waals surface area contributed by atoms with Gasteiger partial charge in [0.05, 0.1) is 11.2 Å². The Labute approximate surface area is 154 Å². The monoisotopic (exact) mass is 366 g/mol. The van der Waals surface area contributed by atoms with E-state index in [1.54, 1.807) is 4.52 Å². The molecule has 0 spiro atoms. The van der Waals surface area contributed by atoms with Crippen LogP contribution < -0.4 is 14.8 Å². The van der Waals surface area contributed by atoms with E-state index in [4.69, 9.17) is 26.1 Å². The summed E-state index contributed by atoms with van der Waals surface area (Å²) in [5.41, 5.74) is 3.45. The molecule has 0 fully saturated rings. The van der Waals surface area contributed by atoms with Gasteiger partial charge in [0.2, 0.25) is 6.79 Å². The van der Waals surface area contributed by atoms with Crippen LogP contribution >= 0.6 is 11.6 Å². The van der Waals surface area contributed by atoms with E-state index in [-0.39, 0.29) is 6.79 Å². The third-order valence-electron chi connectivity index (χ3n) is 4.47. The highest BCUT2D eigenvalue weighted by Gasteiger charge is 2.16. The molecule has 0 unspecified atom stereocenters. The number of nitrogens with zero attached hydrogens (tertiary/aromatic N) is 3. The number of nitrogens with one attached hydrogen (secondary N) is 1. The number of halogens is 1. The summed E-state index contributed by atoms with van der Waals surface area (Å²) in [4.78, 5) is 4.71. The normalized spacial score (nSPS) is 12.8. The summed E-state index contributed by atoms with van der Waals surface area (Å²) in [7, 11) is 0. The number of ether oxygens (including phenoxy) is 2. The first kappa shape index (κ1) is 15.3. The molecule has 2 aromatic carbocycles. The van der Waals surface area contributed by atoms with Gasteiger partial charge in [0, 0.05) is 11.9 Å². The molecule has 3 heterocycles. The van der Waals surface area contributed by atoms with Gasteiger partial charge in [0.1, 0.15) is 10.8 Å². The molecule has 6 nitrogen and oxygen atoms in total. The number of aryl methyl sites for hydroxylation is 1. The van der Waals surface area contributed by atoms with E-state index in [0.717, 1.165) is 39.5 Å². The summed E-state index contributed by atoms with van der Waals surface area (Å²) in [6.45, 7) is 2.76. The van der Waals surface area contributed by atoms with Crippen molar-refractivity contribution >= 4 is 34.0 Å². The number of fused-ring (bicyclic) bond motifs is 4. The number of hydrogen-bond donors (Lipinski definition) is 1. The van der Waals surface area contributed by atoms with Crippen LogP contribution in [0.5, 0.6) is 11.5 Å². The van der Waals surface area contributed by atoms with Gasteiger partial charge < -0.3 is 14.8 Å². The third-order valence-corrected chi connectivity index (χ3v) is 4.91. The standard InChI is InChI=1S/C19H15ClN4O2/c1-11-17(20)19-22-18(13-4-2-3-5-14(13)24(19)23-11)21-9-12-6-7-15-16(8-12)26-10-25-15/h2-8H,9-10H2,1H3,(H,21,22). The third kappa shape index (κ3) is 2.34. The van der Waals surface area contributed by atoms with Gasteiger partial charge in [-0.1, -0.05) is 29.8 Å². The summed E-state index contributed by atoms with van der Waals surface area (Å²) in [5.74, 6) is 2.32. The fourth-order valence-corrected chi connectivity index (χ4v) is 3.32. The van der Waals surface area contributed by atoms with Gasteiger partial charge in [-0.3, -0.25) is 0 Å². The molecule has 4 aromatic rings. The van der Waals surface area contributed by atoms with E-state index >= 15 is 0 Å². The molecule has 5 rings (SSSR count). The zero-order valence-electron chi connectivity index (χ0n) is 14.0. The molecule has 0 radical (unpaired) electrons. The second-order valence-electron chi connectivity index (χ2n) is 6.15. The number of benzene rings is 2. The second kappa shape index (κ2) is 5.78. The minimum atomic E-state index is 0.272. The van der Waals surface area contributed by atoms with Crippen LogP contribution in [-0.2, 0) is 6.54 Å². The van der Waals surface area contributed by atoms with Gasteiger partial charge in [-0.2, -0.15) is 5.10 Å². The van der Waals surface area contributed by atoms with Crippen LogP contribution in [0.1, 0.15) is 11.3 Å². The molecule has 1 N–H and O–H groups in total. The van der Waals surface area contributed by atoms with Gasteiger partial charge in [-0.15, -0.1) is 0 Å². The molecule has 0 aliphatic carbocycles. The molecule has 0 bridgehead atoms. The highest BCUT2D eigenvalue weighted by atomic mass is 35.5. The zero-order valence-corrected chi connectivity index (χ0v) is 14.7. The maximum Gasteiger partial charge on any atom is 0.231 e. The van der Waals surface area contributed by atoms with Gasteiger partial charge in [-0.25, -0.2) is 9.50 Å². The number of anilines is 1. The molecule has 130 valence electrons. The average molecular weight is 367 g/mol. The average Bonchev–Trinajstić information content (AvgIpc) is 3.24. The smallest absolute Gasteiger partial charge is 0.231 e. The molecule has 0 amide bonds. The van der Waals surface area contributed by atoms with E-state index in [2.05, 4.69) is 10.4 Å². The van der Waals surface area contributed by atoms with E-state index in [0.29, 0.717) is 17.2 Å². The highest BCUT2D eigenvalue weighted by Crippen LogP contribution is 2.33. The predicted octanol–water partition coefficient (Wildman–Crippen LogP) is 4.19. The molecule has 26 heavy (non-hydrogen) atoms. The lowest BCUT2D eigenvalue weighted by Crippen LogP contribution is -2.04. The molecule has 0 saturated heterocycles. The van der Waals surface area contributed by atoms with E-state index < -0.39 is 0 Å². The Morgan fingerprint density at radius 2 is 2.00 bits per heavy atom. The van der Waals surface area contributed by atoms with Crippen molar-refractivity contribution in [1.82, 2.24) is 14.6 Å². The first-order valence-corrected chi connectivity index (χ1v) is 8.64. The fourth-order valence-electron chi connectivity index (χ4n) is 3.16. The van der Waals surface area contributed by atoms with E-state index in [1.807, 2.05) is 49.4 Å². The Morgan fingerprint density at radius 1 is 1.15 bits per heavy atom. The number of aromatic nitrogens is 3. The van der Waals surface area contributed by atoms with Crippen molar-refractivity contribution in [1.29, 1.82) is 0 Å². The summed E-state index contributed by atoms with van der Waals surface area (Å²) in [5, 5.41) is 9.48. The summed E-state index contributed by atoms with van der Waals surface area (Å²) < 4.78 is 12.6. The van der Waals surface area contributed by atoms with Crippen molar-refractivity contribution in [3.63, 3.8) is 0 Å². The Hall–Kier alpha value is -2.99. The lowest BCUT2D eigenvalue weighted by Gasteiger charge is -2.11. The van der Waals surface area contributed by atoms with Gasteiger partial charge in [-0.05, 0) is 36.8 Å². The minimum Gasteiger partial charge on any atom is -0.454 e. The molecule has 7 heteroatoms. The maximum atomic E-state index is 6.39. The lowest BCUT2D eigenvalue weighted by atomic mass is 10.2. The van der Waals surface area contributed by atoms with Crippen molar-refractivity contribution in [3.8, 4) is 11.5 Å². The summed E-state index contributed by atoms with van der Waals surface area (Å²) >= 11 is 6.39. The van der Waals surface area contributed by atoms with Crippen LogP contribution in [0, 0.1) is 6.92 Å². The fraction of sp³-hybridized carbons (Fsp3) is 0.158. The van der Waals surface area contributed by atoms with Gasteiger partial charge in [0.15, 0.2) is 17.1 Å². The van der Waals surface area contributed by atoms with E-state index in [9.17, 15) is 0 Å². The number of hydrogen-bond acceptors (Lipinski definition) is 5. The summed E-state index contributed by atoms with van der Waals surface area (Å²) in [6, 6.07) is 13.9. The zero-order chi connectivity index (χ0) is 17.7. The molecular formula is C19H15ClN4O2. The molecule has 0 atom stereocenters. The Kier molecular flexibility index (Phi) is 3.39. The quantitative estimate of drug-likeness (QED) is 0.589. The molecule has 2 aromatic heterocycles. The van der Waals surface area contributed by atoms with Gasteiger partial charge in [0.25, 0.3) is 0 Å². The topological polar surface area (TPSA) is 60.7 Å². The van der Waals surface area contributed by atoms with Gasteiger partial charge >= 0.3 is 0 Å². The molecule has 0 saturated carbocycles. The van der Waals surface area contributed by atoms with Crippen LogP contribution in [0.15, 0.2) is 42.5 Å². The Morgan fingerprint density at radius 3 is 2.92 bits per heavy atom. The van der Waals surface area contributed by atoms with Crippen molar-refractivity contribution in [2.45, 2.75) is 13.5 Å². The van der Waals surface area contributed by atoms with Crippen LogP contribution in [0.3, 0.4) is 0 Å². The molecular weight excluding hydrogens is 352 g/mol. The molecule has 1 aliphatic rings. The van der Waals surface area contributed by atoms with Crippen molar-refractivity contribution in [2.24, 2.45) is 0 Å². The SMILES string of the molecule is Cc1nn2c(nc(NCc3ccc4c(c3)OCO4)c3ccccc32)c1Cl. The number of rotatable bonds is 3.